The minimum atomic E-state index is -1.40. The maximum atomic E-state index is 13.3. The van der Waals surface area contributed by atoms with Crippen LogP contribution in [0.3, 0.4) is 0 Å². The Balaban J connectivity index is 1.52. The molecule has 1 aromatic heterocycles. The topological polar surface area (TPSA) is 144 Å². The number of carboxylic acids is 1. The lowest BCUT2D eigenvalue weighted by atomic mass is 10.0. The number of alkyl carbamates (subject to hydrolysis) is 1. The molecule has 0 saturated heterocycles. The highest BCUT2D eigenvalue weighted by molar-refractivity contribution is 5.90. The van der Waals surface area contributed by atoms with Gasteiger partial charge in [0.1, 0.15) is 30.0 Å². The molecular formula is C30H28N2O8. The van der Waals surface area contributed by atoms with Crippen molar-refractivity contribution in [1.82, 2.24) is 10.6 Å². The van der Waals surface area contributed by atoms with Gasteiger partial charge >= 0.3 is 17.7 Å². The lowest BCUT2D eigenvalue weighted by Gasteiger charge is -2.22. The van der Waals surface area contributed by atoms with E-state index >= 15 is 0 Å². The Labute approximate surface area is 229 Å². The third kappa shape index (κ3) is 7.47. The molecule has 0 saturated carbocycles. The van der Waals surface area contributed by atoms with Crippen LogP contribution in [0.25, 0.3) is 11.0 Å². The number of carboxylic acid groups (broad SMARTS) is 1. The number of carbonyl (C=O) groups excluding carboxylic acids is 2. The van der Waals surface area contributed by atoms with Gasteiger partial charge in [0.2, 0.25) is 5.91 Å². The molecule has 40 heavy (non-hydrogen) atoms. The minimum Gasteiger partial charge on any atom is -0.497 e. The number of fused-ring (bicyclic) bond motifs is 1. The molecular weight excluding hydrogens is 516 g/mol. The number of methoxy groups -OCH3 is 1. The fourth-order valence-electron chi connectivity index (χ4n) is 4.16. The number of nitrogens with one attached hydrogen (secondary N) is 2. The van der Waals surface area contributed by atoms with Crippen LogP contribution in [0.5, 0.6) is 5.75 Å². The van der Waals surface area contributed by atoms with Crippen molar-refractivity contribution in [3.05, 3.63) is 112 Å². The van der Waals surface area contributed by atoms with Gasteiger partial charge in [-0.3, -0.25) is 4.79 Å². The van der Waals surface area contributed by atoms with Crippen LogP contribution in [0.1, 0.15) is 16.7 Å². The van der Waals surface area contributed by atoms with Gasteiger partial charge in [-0.15, -0.1) is 0 Å². The second kappa shape index (κ2) is 13.1. The number of rotatable bonds is 11. The van der Waals surface area contributed by atoms with E-state index in [-0.39, 0.29) is 25.0 Å². The molecule has 0 radical (unpaired) electrons. The zero-order valence-electron chi connectivity index (χ0n) is 21.7. The summed E-state index contributed by atoms with van der Waals surface area (Å²) in [5.74, 6) is -1.57. The first-order valence-electron chi connectivity index (χ1n) is 12.5. The van der Waals surface area contributed by atoms with Gasteiger partial charge in [0, 0.05) is 30.4 Å². The van der Waals surface area contributed by atoms with Gasteiger partial charge in [-0.1, -0.05) is 60.7 Å². The maximum Gasteiger partial charge on any atom is 0.408 e. The Hall–Kier alpha value is -5.12. The molecule has 4 rings (SSSR count). The first-order chi connectivity index (χ1) is 19.3. The van der Waals surface area contributed by atoms with E-state index in [0.29, 0.717) is 16.7 Å². The second-order valence-corrected chi connectivity index (χ2v) is 9.00. The Morgan fingerprint density at radius 1 is 0.850 bits per heavy atom. The van der Waals surface area contributed by atoms with E-state index in [1.54, 1.807) is 48.5 Å². The van der Waals surface area contributed by atoms with E-state index in [1.807, 2.05) is 24.3 Å². The standard InChI is InChI=1S/C30H28N2O8/c1-38-22-12-13-23-21(16-27(33)40-26(23)17-22)15-25(29(35)36)31-28(34)24(14-19-8-4-2-5-9-19)32-30(37)39-18-20-10-6-3-7-11-20/h2-13,16-17,24-25H,14-15,18H2,1H3,(H,31,34)(H,32,37)(H,35,36)/t24-,25+/m0/s1. The summed E-state index contributed by atoms with van der Waals surface area (Å²) in [7, 11) is 1.47. The molecule has 0 aliphatic heterocycles. The summed E-state index contributed by atoms with van der Waals surface area (Å²) >= 11 is 0. The third-order valence-electron chi connectivity index (χ3n) is 6.18. The van der Waals surface area contributed by atoms with Crippen molar-refractivity contribution in [3.8, 4) is 5.75 Å². The van der Waals surface area contributed by atoms with Crippen LogP contribution in [0.4, 0.5) is 4.79 Å². The molecule has 4 aromatic rings. The number of amides is 2. The van der Waals surface area contributed by atoms with Crippen LogP contribution in [0, 0.1) is 0 Å². The largest absolute Gasteiger partial charge is 0.497 e. The Morgan fingerprint density at radius 2 is 1.52 bits per heavy atom. The zero-order chi connectivity index (χ0) is 28.5. The molecule has 10 heteroatoms. The number of carbonyl (C=O) groups is 3. The monoisotopic (exact) mass is 544 g/mol. The quantitative estimate of drug-likeness (QED) is 0.244. The molecule has 0 bridgehead atoms. The van der Waals surface area contributed by atoms with E-state index < -0.39 is 35.7 Å². The van der Waals surface area contributed by atoms with Crippen molar-refractivity contribution >= 4 is 28.9 Å². The van der Waals surface area contributed by atoms with Gasteiger partial charge in [0.05, 0.1) is 7.11 Å². The van der Waals surface area contributed by atoms with Crippen molar-refractivity contribution < 1.29 is 33.4 Å². The first-order valence-corrected chi connectivity index (χ1v) is 12.5. The molecule has 10 nitrogen and oxygen atoms in total. The SMILES string of the molecule is COc1ccc2c(C[C@@H](NC(=O)[C@H](Cc3ccccc3)NC(=O)OCc3ccccc3)C(=O)O)cc(=O)oc2c1. The lowest BCUT2D eigenvalue weighted by Crippen LogP contribution is -2.53. The molecule has 0 fully saturated rings. The minimum absolute atomic E-state index is 0.00144. The van der Waals surface area contributed by atoms with Crippen molar-refractivity contribution in [2.75, 3.05) is 7.11 Å². The summed E-state index contributed by atoms with van der Waals surface area (Å²) in [5.41, 5.74) is 1.44. The van der Waals surface area contributed by atoms with Crippen molar-refractivity contribution in [3.63, 3.8) is 0 Å². The fourth-order valence-corrected chi connectivity index (χ4v) is 4.16. The number of hydrogen-bond acceptors (Lipinski definition) is 7. The van der Waals surface area contributed by atoms with Crippen LogP contribution >= 0.6 is 0 Å². The Morgan fingerprint density at radius 3 is 2.17 bits per heavy atom. The van der Waals surface area contributed by atoms with Gasteiger partial charge in [-0.25, -0.2) is 14.4 Å². The summed E-state index contributed by atoms with van der Waals surface area (Å²) in [6.45, 7) is -0.00144. The van der Waals surface area contributed by atoms with E-state index in [1.165, 1.54) is 19.2 Å². The lowest BCUT2D eigenvalue weighted by molar-refractivity contribution is -0.142. The van der Waals surface area contributed by atoms with Crippen molar-refractivity contribution in [2.45, 2.75) is 31.5 Å². The first kappa shape index (κ1) is 27.9. The molecule has 2 amide bonds. The molecule has 3 aromatic carbocycles. The van der Waals surface area contributed by atoms with Gasteiger partial charge in [-0.05, 0) is 28.8 Å². The Bertz CT molecular complexity index is 1540. The smallest absolute Gasteiger partial charge is 0.408 e. The molecule has 2 atom stereocenters. The van der Waals surface area contributed by atoms with Crippen LogP contribution in [0.15, 0.2) is 94.1 Å². The van der Waals surface area contributed by atoms with E-state index in [2.05, 4.69) is 10.6 Å². The Kier molecular flexibility index (Phi) is 9.14. The molecule has 0 unspecified atom stereocenters. The normalized spacial score (nSPS) is 12.2. The predicted octanol–water partition coefficient (Wildman–Crippen LogP) is 3.45. The molecule has 206 valence electrons. The highest BCUT2D eigenvalue weighted by atomic mass is 16.5. The average molecular weight is 545 g/mol. The summed E-state index contributed by atoms with van der Waals surface area (Å²) < 4.78 is 15.7. The molecule has 0 aliphatic rings. The van der Waals surface area contributed by atoms with Gasteiger partial charge in [-0.2, -0.15) is 0 Å². The highest BCUT2D eigenvalue weighted by Crippen LogP contribution is 2.23. The van der Waals surface area contributed by atoms with E-state index in [0.717, 1.165) is 11.1 Å². The summed E-state index contributed by atoms with van der Waals surface area (Å²) in [5, 5.41) is 15.5. The van der Waals surface area contributed by atoms with Gasteiger partial charge in [0.15, 0.2) is 0 Å². The molecule has 3 N–H and O–H groups in total. The number of benzene rings is 3. The summed E-state index contributed by atoms with van der Waals surface area (Å²) in [4.78, 5) is 50.3. The number of aliphatic carboxylic acids is 1. The van der Waals surface area contributed by atoms with Crippen LogP contribution < -0.4 is 21.0 Å². The fraction of sp³-hybridized carbons (Fsp3) is 0.200. The maximum absolute atomic E-state index is 13.3. The van der Waals surface area contributed by atoms with Gasteiger partial charge < -0.3 is 29.6 Å². The summed E-state index contributed by atoms with van der Waals surface area (Å²) in [6.07, 6.45) is -0.934. The average Bonchev–Trinajstić information content (AvgIpc) is 2.95. The predicted molar refractivity (Wildman–Crippen MR) is 146 cm³/mol. The van der Waals surface area contributed by atoms with Crippen molar-refractivity contribution in [1.29, 1.82) is 0 Å². The second-order valence-electron chi connectivity index (χ2n) is 9.00. The third-order valence-corrected chi connectivity index (χ3v) is 6.18. The van der Waals surface area contributed by atoms with Crippen LogP contribution in [0.2, 0.25) is 0 Å². The van der Waals surface area contributed by atoms with E-state index in [4.69, 9.17) is 13.9 Å². The van der Waals surface area contributed by atoms with Crippen LogP contribution in [-0.2, 0) is 33.8 Å². The number of ether oxygens (including phenoxy) is 2. The highest BCUT2D eigenvalue weighted by Gasteiger charge is 2.28. The summed E-state index contributed by atoms with van der Waals surface area (Å²) in [6, 6.07) is 21.5. The van der Waals surface area contributed by atoms with E-state index in [9.17, 15) is 24.3 Å². The molecule has 1 heterocycles. The molecule has 0 spiro atoms. The van der Waals surface area contributed by atoms with Crippen LogP contribution in [-0.4, -0.2) is 42.3 Å². The molecule has 0 aliphatic carbocycles. The zero-order valence-corrected chi connectivity index (χ0v) is 21.7. The van der Waals surface area contributed by atoms with Crippen molar-refractivity contribution in [2.24, 2.45) is 0 Å². The van der Waals surface area contributed by atoms with Gasteiger partial charge in [0.25, 0.3) is 0 Å². The number of hydrogen-bond donors (Lipinski definition) is 3.